The zero-order chi connectivity index (χ0) is 16.8. The second-order valence-electron chi connectivity index (χ2n) is 6.50. The first-order valence-electron chi connectivity index (χ1n) is 9.25. The average molecular weight is 327 g/mol. The van der Waals surface area contributed by atoms with Gasteiger partial charge in [-0.05, 0) is 49.4 Å². The zero-order valence-corrected chi connectivity index (χ0v) is 14.9. The Morgan fingerprint density at radius 2 is 1.88 bits per heavy atom. The third-order valence-electron chi connectivity index (χ3n) is 5.07. The van der Waals surface area contributed by atoms with Crippen LogP contribution in [0.2, 0.25) is 0 Å². The maximum Gasteiger partial charge on any atom is 0.0648 e. The maximum absolute atomic E-state index is 5.45. The van der Waals surface area contributed by atoms with Crippen LogP contribution in [0, 0.1) is 0 Å². The van der Waals surface area contributed by atoms with Crippen LogP contribution in [0.5, 0.6) is 0 Å². The van der Waals surface area contributed by atoms with Gasteiger partial charge in [0.2, 0.25) is 0 Å². The van der Waals surface area contributed by atoms with Crippen molar-refractivity contribution < 1.29 is 4.74 Å². The minimum atomic E-state index is 0.584. The van der Waals surface area contributed by atoms with Gasteiger partial charge in [-0.3, -0.25) is 4.90 Å². The van der Waals surface area contributed by atoms with E-state index >= 15 is 0 Å². The summed E-state index contributed by atoms with van der Waals surface area (Å²) in [5, 5.41) is 4.70. The summed E-state index contributed by atoms with van der Waals surface area (Å²) in [6.45, 7) is 9.58. The molecule has 1 aromatic carbocycles. The number of ether oxygens (including phenoxy) is 1. The molecule has 2 aromatic rings. The second kappa shape index (κ2) is 8.45. The van der Waals surface area contributed by atoms with E-state index in [0.29, 0.717) is 5.92 Å². The number of aromatic nitrogens is 2. The van der Waals surface area contributed by atoms with Crippen molar-refractivity contribution in [3.8, 4) is 5.69 Å². The van der Waals surface area contributed by atoms with Crippen LogP contribution in [-0.4, -0.2) is 47.5 Å². The van der Waals surface area contributed by atoms with Crippen LogP contribution in [-0.2, 0) is 11.2 Å². The molecule has 0 N–H and O–H groups in total. The Morgan fingerprint density at radius 3 is 2.54 bits per heavy atom. The minimum Gasteiger partial charge on any atom is -0.379 e. The molecule has 0 saturated carbocycles. The van der Waals surface area contributed by atoms with E-state index in [0.717, 1.165) is 51.4 Å². The first-order chi connectivity index (χ1) is 11.8. The fourth-order valence-corrected chi connectivity index (χ4v) is 3.62. The fourth-order valence-electron chi connectivity index (χ4n) is 3.62. The molecule has 0 amide bonds. The Balaban J connectivity index is 1.75. The van der Waals surface area contributed by atoms with E-state index in [-0.39, 0.29) is 0 Å². The van der Waals surface area contributed by atoms with Crippen LogP contribution in [0.1, 0.15) is 43.9 Å². The van der Waals surface area contributed by atoms with Crippen LogP contribution in [0.25, 0.3) is 5.69 Å². The van der Waals surface area contributed by atoms with Crippen molar-refractivity contribution in [1.82, 2.24) is 14.7 Å². The van der Waals surface area contributed by atoms with Gasteiger partial charge in [-0.15, -0.1) is 0 Å². The molecule has 130 valence electrons. The summed E-state index contributed by atoms with van der Waals surface area (Å²) in [6, 6.07) is 10.5. The van der Waals surface area contributed by atoms with Crippen LogP contribution in [0.4, 0.5) is 0 Å². The molecule has 4 heteroatoms. The van der Waals surface area contributed by atoms with Gasteiger partial charge in [0.25, 0.3) is 0 Å². The number of benzene rings is 1. The average Bonchev–Trinajstić information content (AvgIpc) is 3.08. The van der Waals surface area contributed by atoms with Crippen LogP contribution in [0.15, 0.2) is 36.5 Å². The minimum absolute atomic E-state index is 0.584. The standard InChI is InChI=1S/C20H29N3O/c1-3-17(10-11-22-12-14-24-15-13-22)19-16-21-23(20(19)4-2)18-8-6-5-7-9-18/h5-9,16-17H,3-4,10-15H2,1-2H3. The largest absolute Gasteiger partial charge is 0.379 e. The van der Waals surface area contributed by atoms with Gasteiger partial charge >= 0.3 is 0 Å². The van der Waals surface area contributed by atoms with E-state index in [9.17, 15) is 0 Å². The van der Waals surface area contributed by atoms with Gasteiger partial charge in [-0.2, -0.15) is 5.10 Å². The molecule has 1 atom stereocenters. The third kappa shape index (κ3) is 3.87. The van der Waals surface area contributed by atoms with E-state index in [1.54, 1.807) is 0 Å². The normalized spacial score (nSPS) is 17.1. The van der Waals surface area contributed by atoms with Crippen LogP contribution in [0.3, 0.4) is 0 Å². The SMILES string of the molecule is CCc1c(C(CC)CCN2CCOCC2)cnn1-c1ccccc1. The van der Waals surface area contributed by atoms with Gasteiger partial charge in [0.1, 0.15) is 0 Å². The summed E-state index contributed by atoms with van der Waals surface area (Å²) in [6.07, 6.45) is 5.47. The van der Waals surface area contributed by atoms with E-state index in [4.69, 9.17) is 9.84 Å². The summed E-state index contributed by atoms with van der Waals surface area (Å²) in [5.74, 6) is 0.584. The van der Waals surface area contributed by atoms with Gasteiger partial charge in [-0.25, -0.2) is 4.68 Å². The first kappa shape index (κ1) is 17.2. The molecule has 1 aromatic heterocycles. The summed E-state index contributed by atoms with van der Waals surface area (Å²) >= 11 is 0. The summed E-state index contributed by atoms with van der Waals surface area (Å²) in [7, 11) is 0. The molecule has 0 radical (unpaired) electrons. The molecule has 1 saturated heterocycles. The van der Waals surface area contributed by atoms with Crippen molar-refractivity contribution in [1.29, 1.82) is 0 Å². The van der Waals surface area contributed by atoms with Gasteiger partial charge in [-0.1, -0.05) is 32.0 Å². The Bertz CT molecular complexity index is 617. The van der Waals surface area contributed by atoms with Crippen LogP contribution < -0.4 is 0 Å². The summed E-state index contributed by atoms with van der Waals surface area (Å²) < 4.78 is 7.57. The maximum atomic E-state index is 5.45. The summed E-state index contributed by atoms with van der Waals surface area (Å²) in [4.78, 5) is 2.53. The highest BCUT2D eigenvalue weighted by molar-refractivity contribution is 5.36. The van der Waals surface area contributed by atoms with E-state index in [2.05, 4.69) is 60.0 Å². The van der Waals surface area contributed by atoms with Crippen molar-refractivity contribution in [3.63, 3.8) is 0 Å². The molecule has 1 aliphatic heterocycles. The zero-order valence-electron chi connectivity index (χ0n) is 14.9. The van der Waals surface area contributed by atoms with E-state index in [1.165, 1.54) is 17.7 Å². The third-order valence-corrected chi connectivity index (χ3v) is 5.07. The summed E-state index contributed by atoms with van der Waals surface area (Å²) in [5.41, 5.74) is 3.94. The molecule has 0 spiro atoms. The molecular weight excluding hydrogens is 298 g/mol. The van der Waals surface area contributed by atoms with Gasteiger partial charge < -0.3 is 4.74 Å². The highest BCUT2D eigenvalue weighted by atomic mass is 16.5. The second-order valence-corrected chi connectivity index (χ2v) is 6.50. The van der Waals surface area contributed by atoms with Crippen molar-refractivity contribution in [2.75, 3.05) is 32.8 Å². The topological polar surface area (TPSA) is 30.3 Å². The number of nitrogens with zero attached hydrogens (tertiary/aromatic N) is 3. The van der Waals surface area contributed by atoms with Gasteiger partial charge in [0, 0.05) is 18.8 Å². The molecule has 1 fully saturated rings. The monoisotopic (exact) mass is 327 g/mol. The molecular formula is C20H29N3O. The molecule has 1 aliphatic rings. The number of rotatable bonds is 7. The number of hydrogen-bond acceptors (Lipinski definition) is 3. The van der Waals surface area contributed by atoms with E-state index in [1.807, 2.05) is 0 Å². The van der Waals surface area contributed by atoms with Crippen LogP contribution >= 0.6 is 0 Å². The molecule has 1 unspecified atom stereocenters. The lowest BCUT2D eigenvalue weighted by atomic mass is 9.92. The van der Waals surface area contributed by atoms with Crippen molar-refractivity contribution in [3.05, 3.63) is 47.8 Å². The molecule has 0 aliphatic carbocycles. The molecule has 0 bridgehead atoms. The highest BCUT2D eigenvalue weighted by Crippen LogP contribution is 2.28. The Kier molecular flexibility index (Phi) is 6.05. The number of hydrogen-bond donors (Lipinski definition) is 0. The number of para-hydroxylation sites is 1. The van der Waals surface area contributed by atoms with Gasteiger partial charge in [0.15, 0.2) is 0 Å². The Morgan fingerprint density at radius 1 is 1.12 bits per heavy atom. The smallest absolute Gasteiger partial charge is 0.0648 e. The molecule has 4 nitrogen and oxygen atoms in total. The van der Waals surface area contributed by atoms with Crippen molar-refractivity contribution in [2.45, 2.75) is 39.0 Å². The fraction of sp³-hybridized carbons (Fsp3) is 0.550. The Labute approximate surface area is 145 Å². The van der Waals surface area contributed by atoms with Crippen molar-refractivity contribution in [2.24, 2.45) is 0 Å². The van der Waals surface area contributed by atoms with Crippen molar-refractivity contribution >= 4 is 0 Å². The highest BCUT2D eigenvalue weighted by Gasteiger charge is 2.20. The predicted molar refractivity (Wildman–Crippen MR) is 97.9 cm³/mol. The lowest BCUT2D eigenvalue weighted by Crippen LogP contribution is -2.37. The first-order valence-corrected chi connectivity index (χ1v) is 9.25. The Hall–Kier alpha value is -1.65. The lowest BCUT2D eigenvalue weighted by molar-refractivity contribution is 0.0365. The van der Waals surface area contributed by atoms with E-state index < -0.39 is 0 Å². The predicted octanol–water partition coefficient (Wildman–Crippen LogP) is 3.65. The molecule has 3 rings (SSSR count). The quantitative estimate of drug-likeness (QED) is 0.777. The van der Waals surface area contributed by atoms with Gasteiger partial charge in [0.05, 0.1) is 25.1 Å². The lowest BCUT2D eigenvalue weighted by Gasteiger charge is -2.28. The molecule has 24 heavy (non-hydrogen) atoms. The number of morpholine rings is 1. The molecule has 2 heterocycles.